The van der Waals surface area contributed by atoms with Crippen LogP contribution in [-0.2, 0) is 10.2 Å². The molecule has 3 saturated carbocycles. The molecule has 0 aromatic carbocycles. The Morgan fingerprint density at radius 1 is 1.05 bits per heavy atom. The van der Waals surface area contributed by atoms with Crippen molar-refractivity contribution in [3.05, 3.63) is 35.0 Å². The molecule has 0 spiro atoms. The number of fused-ring (bicyclic) bond motifs is 7. The molecule has 6 heteroatoms. The van der Waals surface area contributed by atoms with E-state index in [2.05, 4.69) is 59.7 Å². The molecule has 210 valence electrons. The monoisotopic (exact) mass is 531 g/mol. The number of ketones is 1. The number of aliphatic hydroxyl groups excluding tert-OH is 1. The Kier molecular flexibility index (Phi) is 5.48. The van der Waals surface area contributed by atoms with Gasteiger partial charge in [0.1, 0.15) is 0 Å². The van der Waals surface area contributed by atoms with E-state index in [-0.39, 0.29) is 45.2 Å². The van der Waals surface area contributed by atoms with Crippen molar-refractivity contribution in [2.75, 3.05) is 0 Å². The molecule has 5 aliphatic rings. The van der Waals surface area contributed by atoms with Gasteiger partial charge in [-0.2, -0.15) is 10.2 Å². The summed E-state index contributed by atoms with van der Waals surface area (Å²) in [5.74, 6) is 1.80. The van der Waals surface area contributed by atoms with Gasteiger partial charge in [-0.15, -0.1) is 0 Å². The molecule has 3 unspecified atom stereocenters. The first-order valence-electron chi connectivity index (χ1n) is 14.9. The lowest BCUT2D eigenvalue weighted by atomic mass is 9.34. The van der Waals surface area contributed by atoms with Crippen molar-refractivity contribution in [3.8, 4) is 6.07 Å². The number of aryl methyl sites for hydroxylation is 1. The van der Waals surface area contributed by atoms with Crippen molar-refractivity contribution in [1.29, 1.82) is 5.26 Å². The van der Waals surface area contributed by atoms with Gasteiger partial charge in [0.2, 0.25) is 5.89 Å². The summed E-state index contributed by atoms with van der Waals surface area (Å²) in [6.45, 7) is 17.8. The molecule has 8 atom stereocenters. The van der Waals surface area contributed by atoms with E-state index in [0.717, 1.165) is 50.8 Å². The Hall–Kier alpha value is -2.26. The molecule has 39 heavy (non-hydrogen) atoms. The second-order valence-corrected chi connectivity index (χ2v) is 15.8. The van der Waals surface area contributed by atoms with Gasteiger partial charge in [0.05, 0.1) is 23.2 Å². The van der Waals surface area contributed by atoms with Crippen LogP contribution in [0.3, 0.4) is 0 Å². The number of carbonyl (C=O) groups is 1. The van der Waals surface area contributed by atoms with E-state index in [1.165, 1.54) is 5.57 Å². The topological polar surface area (TPSA) is 100 Å². The third-order valence-corrected chi connectivity index (χ3v) is 13.0. The smallest absolute Gasteiger partial charge is 0.233 e. The molecule has 1 aromatic heterocycles. The SMILES string of the molecule is Cc1noc([C@]23CCC(C)(C)CC2C2C(=O)C=C4[C@@]5(C)C=C(C#N)C(O)C(C)(C)[C@@H]5CC[C@@]4(C)[C@]2(C)CC3)n1. The number of aliphatic hydroxyl groups is 1. The largest absolute Gasteiger partial charge is 0.387 e. The molecule has 1 aromatic rings. The molecular formula is C33H45N3O3. The summed E-state index contributed by atoms with van der Waals surface area (Å²) in [6, 6.07) is 2.30. The molecule has 1 heterocycles. The molecule has 0 radical (unpaired) electrons. The van der Waals surface area contributed by atoms with E-state index in [1.807, 2.05) is 19.1 Å². The third-order valence-electron chi connectivity index (χ3n) is 13.0. The van der Waals surface area contributed by atoms with Crippen LogP contribution in [0.25, 0.3) is 0 Å². The predicted octanol–water partition coefficient (Wildman–Crippen LogP) is 6.64. The highest BCUT2D eigenvalue weighted by Gasteiger charge is 2.70. The Balaban J connectivity index is 1.53. The minimum absolute atomic E-state index is 0.117. The molecule has 6 rings (SSSR count). The molecule has 0 amide bonds. The van der Waals surface area contributed by atoms with Crippen molar-refractivity contribution in [3.63, 3.8) is 0 Å². The van der Waals surface area contributed by atoms with E-state index in [1.54, 1.807) is 0 Å². The lowest BCUT2D eigenvalue weighted by Crippen LogP contribution is -2.65. The van der Waals surface area contributed by atoms with E-state index >= 15 is 0 Å². The summed E-state index contributed by atoms with van der Waals surface area (Å²) in [5.41, 5.74) is 0.182. The number of hydrogen-bond acceptors (Lipinski definition) is 6. The van der Waals surface area contributed by atoms with E-state index < -0.39 is 16.9 Å². The maximum absolute atomic E-state index is 14.6. The van der Waals surface area contributed by atoms with Crippen LogP contribution in [0.15, 0.2) is 27.8 Å². The van der Waals surface area contributed by atoms with Crippen LogP contribution in [-0.4, -0.2) is 27.1 Å². The fraction of sp³-hybridized carbons (Fsp3) is 0.758. The minimum Gasteiger partial charge on any atom is -0.387 e. The maximum Gasteiger partial charge on any atom is 0.233 e. The van der Waals surface area contributed by atoms with Crippen LogP contribution in [0.5, 0.6) is 0 Å². The average molecular weight is 532 g/mol. The van der Waals surface area contributed by atoms with Gasteiger partial charge in [0.15, 0.2) is 11.6 Å². The third kappa shape index (κ3) is 3.26. The quantitative estimate of drug-likeness (QED) is 0.436. The molecule has 5 aliphatic carbocycles. The van der Waals surface area contributed by atoms with Gasteiger partial charge in [-0.1, -0.05) is 65.3 Å². The van der Waals surface area contributed by atoms with E-state index in [4.69, 9.17) is 9.51 Å². The molecule has 0 saturated heterocycles. The normalized spacial score (nSPS) is 46.0. The van der Waals surface area contributed by atoms with Gasteiger partial charge in [-0.05, 0) is 91.4 Å². The molecule has 3 fully saturated rings. The van der Waals surface area contributed by atoms with Crippen molar-refractivity contribution in [2.24, 2.45) is 44.8 Å². The minimum atomic E-state index is -0.786. The van der Waals surface area contributed by atoms with Crippen LogP contribution >= 0.6 is 0 Å². The Morgan fingerprint density at radius 3 is 2.38 bits per heavy atom. The summed E-state index contributed by atoms with van der Waals surface area (Å²) < 4.78 is 5.91. The van der Waals surface area contributed by atoms with Crippen LogP contribution in [0, 0.1) is 63.1 Å². The first kappa shape index (κ1) is 26.9. The number of carbonyl (C=O) groups excluding carboxylic acids is 1. The number of nitriles is 1. The molecule has 1 N–H and O–H groups in total. The molecule has 0 bridgehead atoms. The zero-order chi connectivity index (χ0) is 28.4. The number of hydrogen-bond donors (Lipinski definition) is 1. The van der Waals surface area contributed by atoms with Crippen LogP contribution in [0.2, 0.25) is 0 Å². The fourth-order valence-corrected chi connectivity index (χ4v) is 10.7. The van der Waals surface area contributed by atoms with Crippen LogP contribution < -0.4 is 0 Å². The summed E-state index contributed by atoms with van der Waals surface area (Å²) in [5, 5.41) is 25.3. The standard InChI is InChI=1S/C33H45N3O3/c1-19-35-27(39-36-19)33-13-11-28(2,3)17-21(33)25-22(37)15-24-30(6)16-20(18-34)26(38)29(4,5)23(30)9-10-31(24,7)32(25,8)12-14-33/h15-16,21,23,25-26,38H,9-14,17H2,1-8H3/t21?,23-,25?,26?,30-,31+,32+,33-/m0/s1. The maximum atomic E-state index is 14.6. The van der Waals surface area contributed by atoms with Gasteiger partial charge >= 0.3 is 0 Å². The fourth-order valence-electron chi connectivity index (χ4n) is 10.7. The first-order chi connectivity index (χ1) is 18.1. The number of aromatic nitrogens is 2. The number of allylic oxidation sites excluding steroid dienone is 3. The molecule has 0 aliphatic heterocycles. The first-order valence-corrected chi connectivity index (χ1v) is 14.9. The second-order valence-electron chi connectivity index (χ2n) is 15.8. The lowest BCUT2D eigenvalue weighted by molar-refractivity contribution is -0.162. The Morgan fingerprint density at radius 2 is 1.74 bits per heavy atom. The predicted molar refractivity (Wildman–Crippen MR) is 148 cm³/mol. The number of nitrogens with zero attached hydrogens (tertiary/aromatic N) is 3. The zero-order valence-corrected chi connectivity index (χ0v) is 25.0. The summed E-state index contributed by atoms with van der Waals surface area (Å²) >= 11 is 0. The Labute approximate surface area is 233 Å². The van der Waals surface area contributed by atoms with Crippen LogP contribution in [0.4, 0.5) is 0 Å². The van der Waals surface area contributed by atoms with E-state index in [9.17, 15) is 15.2 Å². The van der Waals surface area contributed by atoms with Crippen LogP contribution in [0.1, 0.15) is 105 Å². The van der Waals surface area contributed by atoms with Crippen molar-refractivity contribution >= 4 is 5.78 Å². The molecular weight excluding hydrogens is 486 g/mol. The van der Waals surface area contributed by atoms with Crippen molar-refractivity contribution in [1.82, 2.24) is 10.1 Å². The van der Waals surface area contributed by atoms with E-state index in [0.29, 0.717) is 11.4 Å². The second kappa shape index (κ2) is 7.93. The van der Waals surface area contributed by atoms with Gasteiger partial charge < -0.3 is 9.63 Å². The number of rotatable bonds is 1. The van der Waals surface area contributed by atoms with Gasteiger partial charge in [0, 0.05) is 11.3 Å². The highest BCUT2D eigenvalue weighted by atomic mass is 16.5. The summed E-state index contributed by atoms with van der Waals surface area (Å²) in [4.78, 5) is 19.4. The highest BCUT2D eigenvalue weighted by molar-refractivity contribution is 5.95. The lowest BCUT2D eigenvalue weighted by Gasteiger charge is -2.69. The average Bonchev–Trinajstić information content (AvgIpc) is 3.29. The Bertz CT molecular complexity index is 1350. The van der Waals surface area contributed by atoms with Gasteiger partial charge in [-0.25, -0.2) is 0 Å². The van der Waals surface area contributed by atoms with Gasteiger partial charge in [0.25, 0.3) is 0 Å². The molecule has 6 nitrogen and oxygen atoms in total. The zero-order valence-electron chi connectivity index (χ0n) is 25.0. The van der Waals surface area contributed by atoms with Crippen molar-refractivity contribution in [2.45, 2.75) is 112 Å². The summed E-state index contributed by atoms with van der Waals surface area (Å²) in [7, 11) is 0. The summed E-state index contributed by atoms with van der Waals surface area (Å²) in [6.07, 6.45) is 10.1. The highest BCUT2D eigenvalue weighted by Crippen LogP contribution is 2.74. The van der Waals surface area contributed by atoms with Crippen molar-refractivity contribution < 1.29 is 14.4 Å². The van der Waals surface area contributed by atoms with Gasteiger partial charge in [-0.3, -0.25) is 4.79 Å².